The highest BCUT2D eigenvalue weighted by molar-refractivity contribution is 7.80. The predicted molar refractivity (Wildman–Crippen MR) is 85.5 cm³/mol. The summed E-state index contributed by atoms with van der Waals surface area (Å²) in [6, 6.07) is 9.95. The number of likely N-dealkylation sites (tertiary alicyclic amines) is 1. The van der Waals surface area contributed by atoms with Gasteiger partial charge in [0, 0.05) is 13.1 Å². The molecule has 1 aliphatic heterocycles. The van der Waals surface area contributed by atoms with Crippen molar-refractivity contribution in [3.63, 3.8) is 0 Å². The van der Waals surface area contributed by atoms with E-state index in [4.69, 9.17) is 18.0 Å². The van der Waals surface area contributed by atoms with Gasteiger partial charge in [0.2, 0.25) is 5.91 Å². The molecular weight excluding hydrogens is 268 g/mol. The summed E-state index contributed by atoms with van der Waals surface area (Å²) in [6.45, 7) is 1.68. The van der Waals surface area contributed by atoms with Crippen LogP contribution in [0.2, 0.25) is 0 Å². The number of carbonyl (C=O) groups is 1. The first-order chi connectivity index (χ1) is 9.68. The van der Waals surface area contributed by atoms with Gasteiger partial charge in [-0.15, -0.1) is 0 Å². The minimum absolute atomic E-state index is 0.100. The standard InChI is InChI=1S/C16H22N2OS/c17-15(20)14(12-13-8-4-3-5-9-13)16(19)18-10-6-1-2-7-11-18/h3-5,8-9,14H,1-2,6-7,10-12H2,(H2,17,20). The Morgan fingerprint density at radius 1 is 1.15 bits per heavy atom. The summed E-state index contributed by atoms with van der Waals surface area (Å²) in [7, 11) is 0. The van der Waals surface area contributed by atoms with Gasteiger partial charge < -0.3 is 10.6 Å². The smallest absolute Gasteiger partial charge is 0.232 e. The van der Waals surface area contributed by atoms with E-state index in [2.05, 4.69) is 0 Å². The maximum absolute atomic E-state index is 12.7. The zero-order valence-electron chi connectivity index (χ0n) is 11.8. The first-order valence-electron chi connectivity index (χ1n) is 7.30. The van der Waals surface area contributed by atoms with Crippen LogP contribution in [-0.4, -0.2) is 28.9 Å². The number of benzene rings is 1. The lowest BCUT2D eigenvalue weighted by Crippen LogP contribution is -2.42. The molecule has 0 aliphatic carbocycles. The highest BCUT2D eigenvalue weighted by Crippen LogP contribution is 2.16. The van der Waals surface area contributed by atoms with E-state index in [0.29, 0.717) is 11.4 Å². The Labute approximate surface area is 126 Å². The summed E-state index contributed by atoms with van der Waals surface area (Å²) in [5.74, 6) is -0.270. The molecule has 1 fully saturated rings. The van der Waals surface area contributed by atoms with Crippen LogP contribution in [0.1, 0.15) is 31.2 Å². The van der Waals surface area contributed by atoms with Crippen molar-refractivity contribution in [1.82, 2.24) is 4.90 Å². The summed E-state index contributed by atoms with van der Waals surface area (Å²) in [4.78, 5) is 14.9. The molecule has 0 aromatic heterocycles. The Kier molecular flexibility index (Phi) is 5.53. The van der Waals surface area contributed by atoms with Gasteiger partial charge in [-0.05, 0) is 24.8 Å². The average molecular weight is 290 g/mol. The SMILES string of the molecule is NC(=S)C(Cc1ccccc1)C(=O)N1CCCCCC1. The molecule has 1 aliphatic rings. The fraction of sp³-hybridized carbons (Fsp3) is 0.500. The maximum atomic E-state index is 12.7. The van der Waals surface area contributed by atoms with Crippen LogP contribution in [0.25, 0.3) is 0 Å². The fourth-order valence-corrected chi connectivity index (χ4v) is 2.86. The minimum Gasteiger partial charge on any atom is -0.393 e. The zero-order chi connectivity index (χ0) is 14.4. The van der Waals surface area contributed by atoms with Crippen LogP contribution in [0, 0.1) is 5.92 Å². The first kappa shape index (κ1) is 15.0. The maximum Gasteiger partial charge on any atom is 0.232 e. The van der Waals surface area contributed by atoms with Crippen molar-refractivity contribution in [2.24, 2.45) is 11.7 Å². The molecular formula is C16H22N2OS. The molecule has 4 heteroatoms. The van der Waals surface area contributed by atoms with E-state index in [-0.39, 0.29) is 11.8 Å². The number of hydrogen-bond donors (Lipinski definition) is 1. The number of nitrogens with zero attached hydrogens (tertiary/aromatic N) is 1. The van der Waals surface area contributed by atoms with Crippen LogP contribution in [0.3, 0.4) is 0 Å². The number of thiocarbonyl (C=S) groups is 1. The molecule has 1 aromatic carbocycles. The first-order valence-corrected chi connectivity index (χ1v) is 7.71. The Balaban J connectivity index is 2.07. The van der Waals surface area contributed by atoms with Gasteiger partial charge in [0.05, 0.1) is 10.9 Å². The number of nitrogens with two attached hydrogens (primary N) is 1. The summed E-state index contributed by atoms with van der Waals surface area (Å²) in [6.07, 6.45) is 5.19. The average Bonchev–Trinajstić information content (AvgIpc) is 2.74. The van der Waals surface area contributed by atoms with Gasteiger partial charge in [-0.3, -0.25) is 4.79 Å². The quantitative estimate of drug-likeness (QED) is 0.867. The summed E-state index contributed by atoms with van der Waals surface area (Å²) in [5.41, 5.74) is 6.92. The fourth-order valence-electron chi connectivity index (χ4n) is 2.67. The normalized spacial score (nSPS) is 17.3. The molecule has 0 spiro atoms. The van der Waals surface area contributed by atoms with Crippen molar-refractivity contribution in [2.45, 2.75) is 32.1 Å². The molecule has 1 saturated heterocycles. The van der Waals surface area contributed by atoms with Crippen LogP contribution >= 0.6 is 12.2 Å². The third-order valence-electron chi connectivity index (χ3n) is 3.84. The number of rotatable bonds is 4. The van der Waals surface area contributed by atoms with E-state index in [0.717, 1.165) is 31.5 Å². The third-order valence-corrected chi connectivity index (χ3v) is 4.13. The Bertz CT molecular complexity index is 453. The van der Waals surface area contributed by atoms with Gasteiger partial charge in [0.15, 0.2) is 0 Å². The second kappa shape index (κ2) is 7.39. The van der Waals surface area contributed by atoms with Crippen molar-refractivity contribution < 1.29 is 4.79 Å². The van der Waals surface area contributed by atoms with Crippen LogP contribution in [-0.2, 0) is 11.2 Å². The molecule has 1 heterocycles. The largest absolute Gasteiger partial charge is 0.393 e. The van der Waals surface area contributed by atoms with Crippen LogP contribution < -0.4 is 5.73 Å². The van der Waals surface area contributed by atoms with Crippen molar-refractivity contribution >= 4 is 23.1 Å². The van der Waals surface area contributed by atoms with E-state index < -0.39 is 0 Å². The lowest BCUT2D eigenvalue weighted by molar-refractivity contribution is -0.133. The molecule has 1 atom stereocenters. The Morgan fingerprint density at radius 2 is 1.75 bits per heavy atom. The molecule has 108 valence electrons. The van der Waals surface area contributed by atoms with E-state index in [9.17, 15) is 4.79 Å². The van der Waals surface area contributed by atoms with Crippen LogP contribution in [0.4, 0.5) is 0 Å². The highest BCUT2D eigenvalue weighted by atomic mass is 32.1. The Hall–Kier alpha value is -1.42. The van der Waals surface area contributed by atoms with Crippen molar-refractivity contribution in [3.05, 3.63) is 35.9 Å². The van der Waals surface area contributed by atoms with E-state index in [1.165, 1.54) is 12.8 Å². The lowest BCUT2D eigenvalue weighted by atomic mass is 9.97. The predicted octanol–water partition coefficient (Wildman–Crippen LogP) is 2.53. The van der Waals surface area contributed by atoms with Gasteiger partial charge in [0.25, 0.3) is 0 Å². The number of amides is 1. The van der Waals surface area contributed by atoms with E-state index in [1.807, 2.05) is 35.2 Å². The molecule has 1 amide bonds. The zero-order valence-corrected chi connectivity index (χ0v) is 12.6. The molecule has 1 aromatic rings. The molecule has 0 saturated carbocycles. The summed E-state index contributed by atoms with van der Waals surface area (Å²) >= 11 is 5.13. The highest BCUT2D eigenvalue weighted by Gasteiger charge is 2.27. The van der Waals surface area contributed by atoms with E-state index in [1.54, 1.807) is 0 Å². The topological polar surface area (TPSA) is 46.3 Å². The lowest BCUT2D eigenvalue weighted by Gasteiger charge is -2.25. The number of carbonyl (C=O) groups excluding carboxylic acids is 1. The molecule has 2 rings (SSSR count). The molecule has 20 heavy (non-hydrogen) atoms. The monoisotopic (exact) mass is 290 g/mol. The van der Waals surface area contributed by atoms with Gasteiger partial charge in [-0.25, -0.2) is 0 Å². The van der Waals surface area contributed by atoms with Gasteiger partial charge in [-0.1, -0.05) is 55.4 Å². The third kappa shape index (κ3) is 4.04. The van der Waals surface area contributed by atoms with Crippen molar-refractivity contribution in [2.75, 3.05) is 13.1 Å². The minimum atomic E-state index is -0.370. The van der Waals surface area contributed by atoms with Crippen molar-refractivity contribution in [1.29, 1.82) is 0 Å². The van der Waals surface area contributed by atoms with E-state index >= 15 is 0 Å². The Morgan fingerprint density at radius 3 is 2.30 bits per heavy atom. The summed E-state index contributed by atoms with van der Waals surface area (Å²) < 4.78 is 0. The van der Waals surface area contributed by atoms with Gasteiger partial charge in [0.1, 0.15) is 0 Å². The second-order valence-electron chi connectivity index (χ2n) is 5.38. The van der Waals surface area contributed by atoms with Crippen LogP contribution in [0.5, 0.6) is 0 Å². The molecule has 1 unspecified atom stereocenters. The summed E-state index contributed by atoms with van der Waals surface area (Å²) in [5, 5.41) is 0. The number of hydrogen-bond acceptors (Lipinski definition) is 2. The second-order valence-corrected chi connectivity index (χ2v) is 5.86. The molecule has 0 bridgehead atoms. The van der Waals surface area contributed by atoms with Crippen molar-refractivity contribution in [3.8, 4) is 0 Å². The molecule has 3 nitrogen and oxygen atoms in total. The molecule has 0 radical (unpaired) electrons. The molecule has 2 N–H and O–H groups in total. The van der Waals surface area contributed by atoms with Crippen LogP contribution in [0.15, 0.2) is 30.3 Å². The van der Waals surface area contributed by atoms with Gasteiger partial charge >= 0.3 is 0 Å². The van der Waals surface area contributed by atoms with Gasteiger partial charge in [-0.2, -0.15) is 0 Å².